The maximum absolute atomic E-state index is 12.6. The number of benzene rings is 2. The van der Waals surface area contributed by atoms with E-state index in [9.17, 15) is 9.00 Å². The maximum atomic E-state index is 12.6. The normalized spacial score (nSPS) is 11.8. The van der Waals surface area contributed by atoms with Crippen molar-refractivity contribution in [3.05, 3.63) is 102 Å². The smallest absolute Gasteiger partial charge is 0.251 e. The summed E-state index contributed by atoms with van der Waals surface area (Å²) in [7, 11) is -1.20. The Hall–Kier alpha value is -3.58. The highest BCUT2D eigenvalue weighted by molar-refractivity contribution is 7.84. The summed E-state index contributed by atoms with van der Waals surface area (Å²) < 4.78 is 18.4. The zero-order valence-electron chi connectivity index (χ0n) is 16.9. The van der Waals surface area contributed by atoms with E-state index in [0.717, 1.165) is 16.0 Å². The number of amides is 1. The van der Waals surface area contributed by atoms with E-state index >= 15 is 0 Å². The van der Waals surface area contributed by atoms with Crippen LogP contribution in [0.4, 0.5) is 0 Å². The Morgan fingerprint density at radius 1 is 1.03 bits per heavy atom. The molecule has 1 N–H and O–H groups in total. The third-order valence-corrected chi connectivity index (χ3v) is 6.07. The van der Waals surface area contributed by atoms with Crippen LogP contribution in [0.3, 0.4) is 0 Å². The van der Waals surface area contributed by atoms with Crippen LogP contribution in [0.2, 0.25) is 0 Å². The van der Waals surface area contributed by atoms with Crippen molar-refractivity contribution in [1.29, 1.82) is 0 Å². The summed E-state index contributed by atoms with van der Waals surface area (Å²) in [6.45, 7) is 2.23. The van der Waals surface area contributed by atoms with Gasteiger partial charge >= 0.3 is 0 Å². The fourth-order valence-corrected chi connectivity index (χ4v) is 4.16. The molecule has 31 heavy (non-hydrogen) atoms. The summed E-state index contributed by atoms with van der Waals surface area (Å²) in [6.07, 6.45) is 3.41. The van der Waals surface area contributed by atoms with Gasteiger partial charge in [0.1, 0.15) is 5.76 Å². The molecule has 0 unspecified atom stereocenters. The first-order valence-electron chi connectivity index (χ1n) is 9.77. The van der Waals surface area contributed by atoms with Gasteiger partial charge in [0.15, 0.2) is 0 Å². The lowest BCUT2D eigenvalue weighted by Crippen LogP contribution is -2.22. The molecule has 0 saturated carbocycles. The minimum absolute atomic E-state index is 0.169. The molecule has 0 aliphatic rings. The van der Waals surface area contributed by atoms with E-state index in [1.807, 2.05) is 49.4 Å². The zero-order chi connectivity index (χ0) is 21.6. The number of hydrogen-bond donors (Lipinski definition) is 1. The SMILES string of the molecule is Cc1oc(-c2ccc(C(=O)NCc3cccnc3)cc2)nc1C[S@](=O)c1ccccc1. The number of carbonyl (C=O) groups excluding carboxylic acids is 1. The fourth-order valence-electron chi connectivity index (χ4n) is 3.02. The highest BCUT2D eigenvalue weighted by Gasteiger charge is 2.15. The van der Waals surface area contributed by atoms with Crippen molar-refractivity contribution < 1.29 is 13.4 Å². The van der Waals surface area contributed by atoms with Crippen molar-refractivity contribution in [3.63, 3.8) is 0 Å². The second kappa shape index (κ2) is 9.49. The standard InChI is InChI=1S/C24H21N3O3S/c1-17-22(16-31(29)21-7-3-2-4-8-21)27-24(30-17)20-11-9-19(10-12-20)23(28)26-15-18-6-5-13-25-14-18/h2-14H,15-16H2,1H3,(H,26,28)/t31-/m0/s1. The van der Waals surface area contributed by atoms with Crippen molar-refractivity contribution in [1.82, 2.24) is 15.3 Å². The van der Waals surface area contributed by atoms with Crippen molar-refractivity contribution >= 4 is 16.7 Å². The van der Waals surface area contributed by atoms with Crippen molar-refractivity contribution in [2.45, 2.75) is 24.1 Å². The summed E-state index contributed by atoms with van der Waals surface area (Å²) in [5.74, 6) is 1.20. The number of hydrogen-bond acceptors (Lipinski definition) is 5. The Morgan fingerprint density at radius 3 is 2.52 bits per heavy atom. The quantitative estimate of drug-likeness (QED) is 0.472. The van der Waals surface area contributed by atoms with Crippen LogP contribution in [0.25, 0.3) is 11.5 Å². The molecule has 1 amide bonds. The Bertz CT molecular complexity index is 1190. The third-order valence-electron chi connectivity index (χ3n) is 4.74. The van der Waals surface area contributed by atoms with Gasteiger partial charge < -0.3 is 9.73 Å². The average Bonchev–Trinajstić information content (AvgIpc) is 3.19. The molecule has 0 fully saturated rings. The predicted molar refractivity (Wildman–Crippen MR) is 119 cm³/mol. The molecule has 0 aliphatic heterocycles. The average molecular weight is 432 g/mol. The van der Waals surface area contributed by atoms with E-state index in [-0.39, 0.29) is 11.7 Å². The minimum atomic E-state index is -1.20. The number of aryl methyl sites for hydroxylation is 1. The van der Waals surface area contributed by atoms with Crippen molar-refractivity contribution in [3.8, 4) is 11.5 Å². The molecule has 156 valence electrons. The molecule has 0 bridgehead atoms. The third kappa shape index (κ3) is 5.13. The molecule has 2 aromatic carbocycles. The molecule has 0 aliphatic carbocycles. The van der Waals surface area contributed by atoms with Crippen LogP contribution in [0.1, 0.15) is 27.4 Å². The summed E-state index contributed by atoms with van der Waals surface area (Å²) >= 11 is 0. The molecular formula is C24H21N3O3S. The molecule has 4 aromatic rings. The van der Waals surface area contributed by atoms with Gasteiger partial charge in [0.25, 0.3) is 5.91 Å². The number of oxazole rings is 1. The number of rotatable bonds is 7. The van der Waals surface area contributed by atoms with Gasteiger partial charge in [-0.05, 0) is 55.0 Å². The van der Waals surface area contributed by atoms with Gasteiger partial charge in [-0.3, -0.25) is 14.0 Å². The number of nitrogens with zero attached hydrogens (tertiary/aromatic N) is 2. The van der Waals surface area contributed by atoms with Crippen LogP contribution < -0.4 is 5.32 Å². The lowest BCUT2D eigenvalue weighted by molar-refractivity contribution is 0.0951. The predicted octanol–water partition coefficient (Wildman–Crippen LogP) is 4.28. The van der Waals surface area contributed by atoms with E-state index in [1.165, 1.54) is 0 Å². The Balaban J connectivity index is 1.42. The Labute approximate surface area is 182 Å². The monoisotopic (exact) mass is 431 g/mol. The van der Waals surface area contributed by atoms with E-state index in [1.54, 1.807) is 36.7 Å². The summed E-state index contributed by atoms with van der Waals surface area (Å²) in [6, 6.07) is 20.1. The van der Waals surface area contributed by atoms with Gasteiger partial charge in [-0.1, -0.05) is 24.3 Å². The van der Waals surface area contributed by atoms with Gasteiger partial charge in [0, 0.05) is 35.0 Å². The van der Waals surface area contributed by atoms with E-state index in [2.05, 4.69) is 15.3 Å². The van der Waals surface area contributed by atoms with Crippen LogP contribution in [0, 0.1) is 6.92 Å². The van der Waals surface area contributed by atoms with Gasteiger partial charge in [0.2, 0.25) is 5.89 Å². The Morgan fingerprint density at radius 2 is 1.81 bits per heavy atom. The molecule has 2 heterocycles. The maximum Gasteiger partial charge on any atom is 0.251 e. The molecule has 0 saturated heterocycles. The highest BCUT2D eigenvalue weighted by atomic mass is 32.2. The van der Waals surface area contributed by atoms with Gasteiger partial charge in [-0.25, -0.2) is 4.98 Å². The molecule has 4 rings (SSSR count). The molecule has 6 nitrogen and oxygen atoms in total. The first-order chi connectivity index (χ1) is 15.1. The second-order valence-electron chi connectivity index (χ2n) is 6.95. The van der Waals surface area contributed by atoms with E-state index < -0.39 is 10.8 Å². The second-order valence-corrected chi connectivity index (χ2v) is 8.40. The summed E-state index contributed by atoms with van der Waals surface area (Å²) in [4.78, 5) is 21.7. The van der Waals surface area contributed by atoms with Crippen molar-refractivity contribution in [2.75, 3.05) is 0 Å². The topological polar surface area (TPSA) is 85.1 Å². The molecule has 2 aromatic heterocycles. The fraction of sp³-hybridized carbons (Fsp3) is 0.125. The Kier molecular flexibility index (Phi) is 6.33. The van der Waals surface area contributed by atoms with E-state index in [4.69, 9.17) is 4.42 Å². The molecule has 0 radical (unpaired) electrons. The molecule has 0 spiro atoms. The van der Waals surface area contributed by atoms with Crippen LogP contribution in [-0.4, -0.2) is 20.1 Å². The summed E-state index contributed by atoms with van der Waals surface area (Å²) in [5, 5.41) is 2.87. The van der Waals surface area contributed by atoms with Crippen molar-refractivity contribution in [2.24, 2.45) is 0 Å². The van der Waals surface area contributed by atoms with Crippen LogP contribution in [0.15, 0.2) is 88.4 Å². The first-order valence-corrected chi connectivity index (χ1v) is 11.1. The number of aromatic nitrogens is 2. The molecule has 7 heteroatoms. The van der Waals surface area contributed by atoms with Gasteiger partial charge in [-0.15, -0.1) is 0 Å². The number of carbonyl (C=O) groups is 1. The largest absolute Gasteiger partial charge is 0.441 e. The van der Waals surface area contributed by atoms with E-state index in [0.29, 0.717) is 29.5 Å². The summed E-state index contributed by atoms with van der Waals surface area (Å²) in [5.41, 5.74) is 2.89. The highest BCUT2D eigenvalue weighted by Crippen LogP contribution is 2.24. The lowest BCUT2D eigenvalue weighted by Gasteiger charge is -2.05. The van der Waals surface area contributed by atoms with Gasteiger partial charge in [-0.2, -0.15) is 0 Å². The first kappa shape index (κ1) is 20.7. The molecule has 1 atom stereocenters. The van der Waals surface area contributed by atoms with Gasteiger partial charge in [0.05, 0.1) is 22.2 Å². The van der Waals surface area contributed by atoms with Crippen LogP contribution >= 0.6 is 0 Å². The lowest BCUT2D eigenvalue weighted by atomic mass is 10.1. The zero-order valence-corrected chi connectivity index (χ0v) is 17.8. The minimum Gasteiger partial charge on any atom is -0.441 e. The van der Waals surface area contributed by atoms with Crippen LogP contribution in [0.5, 0.6) is 0 Å². The molecular weight excluding hydrogens is 410 g/mol. The van der Waals surface area contributed by atoms with Crippen LogP contribution in [-0.2, 0) is 23.1 Å². The number of nitrogens with one attached hydrogen (secondary N) is 1. The number of pyridine rings is 1.